The van der Waals surface area contributed by atoms with Crippen LogP contribution in [0.25, 0.3) is 6.08 Å². The second kappa shape index (κ2) is 9.07. The van der Waals surface area contributed by atoms with Crippen molar-refractivity contribution >= 4 is 45.2 Å². The van der Waals surface area contributed by atoms with Crippen molar-refractivity contribution in [2.45, 2.75) is 0 Å². The van der Waals surface area contributed by atoms with E-state index in [0.29, 0.717) is 28.6 Å². The first-order valence-corrected chi connectivity index (χ1v) is 8.42. The molecule has 2 aromatic carbocycles. The second-order valence-electron chi connectivity index (χ2n) is 4.91. The maximum Gasteiger partial charge on any atom is 0.266 e. The molecule has 4 nitrogen and oxygen atoms in total. The van der Waals surface area contributed by atoms with E-state index in [4.69, 9.17) is 16.3 Å². The summed E-state index contributed by atoms with van der Waals surface area (Å²) in [5.74, 6) is -0.00652. The summed E-state index contributed by atoms with van der Waals surface area (Å²) in [7, 11) is 0. The van der Waals surface area contributed by atoms with Crippen molar-refractivity contribution < 1.29 is 9.53 Å². The summed E-state index contributed by atoms with van der Waals surface area (Å²) in [6, 6.07) is 13.9. The monoisotopic (exact) mass is 416 g/mol. The minimum Gasteiger partial charge on any atom is -0.489 e. The minimum absolute atomic E-state index is 0.0614. The van der Waals surface area contributed by atoms with Gasteiger partial charge in [0.1, 0.15) is 24.0 Å². The van der Waals surface area contributed by atoms with Gasteiger partial charge in [-0.15, -0.1) is 0 Å². The third-order valence-corrected chi connectivity index (χ3v) is 3.86. The lowest BCUT2D eigenvalue weighted by Gasteiger charge is -2.09. The fourth-order valence-electron chi connectivity index (χ4n) is 1.95. The lowest BCUT2D eigenvalue weighted by molar-refractivity contribution is -0.112. The number of ether oxygens (including phenoxy) is 1. The Kier molecular flexibility index (Phi) is 6.81. The van der Waals surface area contributed by atoms with Gasteiger partial charge in [-0.3, -0.25) is 4.79 Å². The third-order valence-electron chi connectivity index (χ3n) is 3.10. The molecule has 0 fully saturated rings. The lowest BCUT2D eigenvalue weighted by atomic mass is 10.1. The highest BCUT2D eigenvalue weighted by atomic mass is 79.9. The van der Waals surface area contributed by atoms with E-state index >= 15 is 0 Å². The number of halogens is 2. The number of rotatable bonds is 6. The van der Waals surface area contributed by atoms with Crippen LogP contribution in [0, 0.1) is 11.3 Å². The fourth-order valence-corrected chi connectivity index (χ4v) is 2.39. The normalized spacial score (nSPS) is 10.7. The number of carbonyl (C=O) groups excluding carboxylic acids is 1. The van der Waals surface area contributed by atoms with Crippen molar-refractivity contribution in [3.8, 4) is 11.8 Å². The molecule has 126 valence electrons. The van der Waals surface area contributed by atoms with E-state index in [9.17, 15) is 10.1 Å². The fraction of sp³-hybridized carbons (Fsp3) is 0.0526. The molecule has 0 bridgehead atoms. The lowest BCUT2D eigenvalue weighted by Crippen LogP contribution is -2.13. The van der Waals surface area contributed by atoms with Gasteiger partial charge in [-0.05, 0) is 48.5 Å². The van der Waals surface area contributed by atoms with Crippen LogP contribution in [0.3, 0.4) is 0 Å². The molecule has 2 rings (SSSR count). The molecule has 0 heterocycles. The number of carbonyl (C=O) groups is 1. The molecule has 0 radical (unpaired) electrons. The number of nitriles is 1. The van der Waals surface area contributed by atoms with Crippen LogP contribution in [-0.2, 0) is 4.79 Å². The van der Waals surface area contributed by atoms with Crippen LogP contribution >= 0.6 is 27.5 Å². The molecule has 2 aromatic rings. The van der Waals surface area contributed by atoms with Gasteiger partial charge in [0.25, 0.3) is 5.91 Å². The number of nitrogens with one attached hydrogen (secondary N) is 1. The Hall–Kier alpha value is -2.55. The molecule has 6 heteroatoms. The highest BCUT2D eigenvalue weighted by Gasteiger charge is 2.12. The standard InChI is InChI=1S/C19H14BrClN2O2/c1-2-9-25-18-8-5-16(21)11-13(18)10-14(12-22)19(24)23-17-6-3-15(20)4-7-17/h2-8,10-11H,1,9H2,(H,23,24)/b14-10+. The molecule has 1 amide bonds. The number of amides is 1. The van der Waals surface area contributed by atoms with Gasteiger partial charge < -0.3 is 10.1 Å². The zero-order valence-corrected chi connectivity index (χ0v) is 15.5. The predicted molar refractivity (Wildman–Crippen MR) is 104 cm³/mol. The number of nitrogens with zero attached hydrogens (tertiary/aromatic N) is 1. The van der Waals surface area contributed by atoms with Gasteiger partial charge in [0, 0.05) is 20.7 Å². The van der Waals surface area contributed by atoms with E-state index in [0.717, 1.165) is 4.47 Å². The summed E-state index contributed by atoms with van der Waals surface area (Å²) in [4.78, 5) is 12.3. The van der Waals surface area contributed by atoms with Crippen LogP contribution in [-0.4, -0.2) is 12.5 Å². The summed E-state index contributed by atoms with van der Waals surface area (Å²) in [5, 5.41) is 12.5. The van der Waals surface area contributed by atoms with Crippen molar-refractivity contribution in [3.63, 3.8) is 0 Å². The van der Waals surface area contributed by atoms with E-state index in [1.54, 1.807) is 48.5 Å². The van der Waals surface area contributed by atoms with Gasteiger partial charge in [-0.1, -0.05) is 40.2 Å². The Morgan fingerprint density at radius 1 is 1.32 bits per heavy atom. The van der Waals surface area contributed by atoms with Crippen molar-refractivity contribution in [1.29, 1.82) is 5.26 Å². The van der Waals surface area contributed by atoms with Gasteiger partial charge >= 0.3 is 0 Å². The molecule has 0 aliphatic carbocycles. The average molecular weight is 418 g/mol. The molecule has 0 spiro atoms. The molecule has 0 aliphatic heterocycles. The summed E-state index contributed by atoms with van der Waals surface area (Å²) in [6.45, 7) is 3.90. The number of benzene rings is 2. The van der Waals surface area contributed by atoms with Gasteiger partial charge in [-0.2, -0.15) is 5.26 Å². The van der Waals surface area contributed by atoms with Crippen LogP contribution in [0.1, 0.15) is 5.56 Å². The molecule has 0 saturated heterocycles. The molecule has 25 heavy (non-hydrogen) atoms. The zero-order chi connectivity index (χ0) is 18.2. The van der Waals surface area contributed by atoms with Gasteiger partial charge in [0.2, 0.25) is 0 Å². The minimum atomic E-state index is -0.514. The maximum atomic E-state index is 12.3. The van der Waals surface area contributed by atoms with Crippen molar-refractivity contribution in [1.82, 2.24) is 0 Å². The molecule has 0 aliphatic rings. The Morgan fingerprint density at radius 3 is 2.68 bits per heavy atom. The Balaban J connectivity index is 2.28. The van der Waals surface area contributed by atoms with E-state index in [-0.39, 0.29) is 5.57 Å². The van der Waals surface area contributed by atoms with Crippen LogP contribution in [0.5, 0.6) is 5.75 Å². The topological polar surface area (TPSA) is 62.1 Å². The Labute approximate surface area is 159 Å². The van der Waals surface area contributed by atoms with Crippen molar-refractivity contribution in [2.75, 3.05) is 11.9 Å². The third kappa shape index (κ3) is 5.49. The van der Waals surface area contributed by atoms with Crippen molar-refractivity contribution in [2.24, 2.45) is 0 Å². The summed E-state index contributed by atoms with van der Waals surface area (Å²) < 4.78 is 6.42. The van der Waals surface area contributed by atoms with Crippen LogP contribution in [0.2, 0.25) is 5.02 Å². The SMILES string of the molecule is C=CCOc1ccc(Cl)cc1/C=C(\C#N)C(=O)Nc1ccc(Br)cc1. The zero-order valence-electron chi connectivity index (χ0n) is 13.1. The van der Waals surface area contributed by atoms with Gasteiger partial charge in [0.15, 0.2) is 0 Å². The van der Waals surface area contributed by atoms with Gasteiger partial charge in [-0.25, -0.2) is 0 Å². The van der Waals surface area contributed by atoms with E-state index in [1.165, 1.54) is 6.08 Å². The largest absolute Gasteiger partial charge is 0.489 e. The van der Waals surface area contributed by atoms with E-state index in [2.05, 4.69) is 27.8 Å². The highest BCUT2D eigenvalue weighted by Crippen LogP contribution is 2.26. The first kappa shape index (κ1) is 18.8. The van der Waals surface area contributed by atoms with E-state index in [1.807, 2.05) is 6.07 Å². The number of hydrogen-bond acceptors (Lipinski definition) is 3. The van der Waals surface area contributed by atoms with Crippen molar-refractivity contribution in [3.05, 3.63) is 75.8 Å². The molecule has 0 unspecified atom stereocenters. The quantitative estimate of drug-likeness (QED) is 0.398. The smallest absolute Gasteiger partial charge is 0.266 e. The molecular formula is C19H14BrClN2O2. The average Bonchev–Trinajstić information content (AvgIpc) is 2.60. The maximum absolute atomic E-state index is 12.3. The molecular weight excluding hydrogens is 404 g/mol. The Bertz CT molecular complexity index is 855. The van der Waals surface area contributed by atoms with Gasteiger partial charge in [0.05, 0.1) is 0 Å². The first-order valence-electron chi connectivity index (χ1n) is 7.25. The summed E-state index contributed by atoms with van der Waals surface area (Å²) in [6.07, 6.45) is 3.05. The molecule has 0 atom stereocenters. The summed E-state index contributed by atoms with van der Waals surface area (Å²) in [5.41, 5.74) is 1.06. The van der Waals surface area contributed by atoms with E-state index < -0.39 is 5.91 Å². The second-order valence-corrected chi connectivity index (χ2v) is 6.26. The molecule has 0 aromatic heterocycles. The number of hydrogen-bond donors (Lipinski definition) is 1. The number of anilines is 1. The molecule has 1 N–H and O–H groups in total. The van der Waals surface area contributed by atoms with Crippen LogP contribution in [0.15, 0.2) is 65.2 Å². The van der Waals surface area contributed by atoms with Crippen LogP contribution in [0.4, 0.5) is 5.69 Å². The first-order chi connectivity index (χ1) is 12.0. The molecule has 0 saturated carbocycles. The van der Waals surface area contributed by atoms with Crippen LogP contribution < -0.4 is 10.1 Å². The summed E-state index contributed by atoms with van der Waals surface area (Å²) >= 11 is 9.33. The predicted octanol–water partition coefficient (Wildman–Crippen LogP) is 5.21. The Morgan fingerprint density at radius 2 is 2.04 bits per heavy atom. The highest BCUT2D eigenvalue weighted by molar-refractivity contribution is 9.10.